The fourth-order valence-electron chi connectivity index (χ4n) is 2.65. The van der Waals surface area contributed by atoms with E-state index in [1.807, 2.05) is 13.1 Å². The first kappa shape index (κ1) is 15.0. The van der Waals surface area contributed by atoms with E-state index in [9.17, 15) is 0 Å². The Morgan fingerprint density at radius 1 is 1.25 bits per heavy atom. The van der Waals surface area contributed by atoms with E-state index < -0.39 is 0 Å². The Labute approximate surface area is 121 Å². The van der Waals surface area contributed by atoms with Crippen molar-refractivity contribution in [3.8, 4) is 0 Å². The predicted molar refractivity (Wildman–Crippen MR) is 82.0 cm³/mol. The number of ether oxygens (including phenoxy) is 1. The summed E-state index contributed by atoms with van der Waals surface area (Å²) in [6, 6.07) is 2.47. The van der Waals surface area contributed by atoms with E-state index in [1.165, 1.54) is 25.7 Å². The minimum atomic E-state index is 0.432. The molecule has 0 saturated heterocycles. The summed E-state index contributed by atoms with van der Waals surface area (Å²) in [5, 5.41) is 6.62. The van der Waals surface area contributed by atoms with Crippen LogP contribution in [0.15, 0.2) is 6.07 Å². The van der Waals surface area contributed by atoms with Gasteiger partial charge in [0.15, 0.2) is 5.82 Å². The largest absolute Gasteiger partial charge is 0.377 e. The van der Waals surface area contributed by atoms with Crippen LogP contribution in [0.4, 0.5) is 11.6 Å². The van der Waals surface area contributed by atoms with Gasteiger partial charge in [-0.2, -0.15) is 0 Å². The molecule has 0 radical (unpaired) electrons. The second-order valence-electron chi connectivity index (χ2n) is 6.32. The lowest BCUT2D eigenvalue weighted by atomic mass is 9.75. The molecule has 1 fully saturated rings. The van der Waals surface area contributed by atoms with Gasteiger partial charge in [-0.05, 0) is 31.1 Å². The lowest BCUT2D eigenvalue weighted by Gasteiger charge is -2.34. The molecule has 0 atom stereocenters. The van der Waals surface area contributed by atoms with Gasteiger partial charge in [0.05, 0.1) is 0 Å². The molecule has 0 amide bonds. The molecule has 1 heterocycles. The Bertz CT molecular complexity index is 437. The molecule has 1 aromatic heterocycles. The average Bonchev–Trinajstić information content (AvgIpc) is 2.41. The van der Waals surface area contributed by atoms with Gasteiger partial charge >= 0.3 is 0 Å². The van der Waals surface area contributed by atoms with Gasteiger partial charge in [0.2, 0.25) is 0 Å². The number of nitrogens with one attached hydrogen (secondary N) is 2. The molecule has 2 N–H and O–H groups in total. The minimum Gasteiger partial charge on any atom is -0.377 e. The molecule has 1 aliphatic rings. The molecule has 20 heavy (non-hydrogen) atoms. The Balaban J connectivity index is 2.03. The molecule has 0 aliphatic heterocycles. The lowest BCUT2D eigenvalue weighted by molar-refractivity contribution is 0.178. The van der Waals surface area contributed by atoms with E-state index in [2.05, 4.69) is 34.4 Å². The van der Waals surface area contributed by atoms with Crippen molar-refractivity contribution in [1.82, 2.24) is 9.97 Å². The molecule has 0 spiro atoms. The van der Waals surface area contributed by atoms with Gasteiger partial charge in [0.25, 0.3) is 0 Å². The molecular formula is C15H26N4O. The topological polar surface area (TPSA) is 59.1 Å². The van der Waals surface area contributed by atoms with E-state index in [-0.39, 0.29) is 0 Å². The Kier molecular flexibility index (Phi) is 4.81. The summed E-state index contributed by atoms with van der Waals surface area (Å²) in [6.07, 6.45) is 4.93. The van der Waals surface area contributed by atoms with Gasteiger partial charge < -0.3 is 15.4 Å². The van der Waals surface area contributed by atoms with Gasteiger partial charge in [-0.15, -0.1) is 0 Å². The van der Waals surface area contributed by atoms with Crippen LogP contribution in [0, 0.1) is 5.41 Å². The van der Waals surface area contributed by atoms with Crippen molar-refractivity contribution in [2.45, 2.75) is 52.2 Å². The highest BCUT2D eigenvalue weighted by molar-refractivity contribution is 5.47. The van der Waals surface area contributed by atoms with Gasteiger partial charge in [-0.1, -0.05) is 13.8 Å². The number of rotatable bonds is 5. The van der Waals surface area contributed by atoms with Gasteiger partial charge in [0, 0.05) is 26.3 Å². The minimum absolute atomic E-state index is 0.432. The molecule has 1 aromatic rings. The monoisotopic (exact) mass is 278 g/mol. The Hall–Kier alpha value is -1.36. The number of methoxy groups -OCH3 is 1. The summed E-state index contributed by atoms with van der Waals surface area (Å²) in [5.41, 5.74) is 0.487. The third kappa shape index (κ3) is 4.07. The van der Waals surface area contributed by atoms with Crippen molar-refractivity contribution in [3.63, 3.8) is 0 Å². The predicted octanol–water partition coefficient (Wildman–Crippen LogP) is 3.05. The van der Waals surface area contributed by atoms with Crippen LogP contribution in [0.25, 0.3) is 0 Å². The maximum atomic E-state index is 5.12. The highest BCUT2D eigenvalue weighted by Gasteiger charge is 2.26. The molecule has 1 saturated carbocycles. The fraction of sp³-hybridized carbons (Fsp3) is 0.733. The second-order valence-corrected chi connectivity index (χ2v) is 6.32. The smallest absolute Gasteiger partial charge is 0.158 e. The third-order valence-corrected chi connectivity index (χ3v) is 3.99. The molecule has 5 nitrogen and oxygen atoms in total. The molecular weight excluding hydrogens is 252 g/mol. The van der Waals surface area contributed by atoms with Crippen LogP contribution in [0.1, 0.15) is 45.4 Å². The van der Waals surface area contributed by atoms with Crippen molar-refractivity contribution in [3.05, 3.63) is 11.9 Å². The molecule has 1 aliphatic carbocycles. The number of hydrogen-bond acceptors (Lipinski definition) is 5. The van der Waals surface area contributed by atoms with Crippen LogP contribution in [0.2, 0.25) is 0 Å². The van der Waals surface area contributed by atoms with Crippen LogP contribution in [-0.4, -0.2) is 30.2 Å². The van der Waals surface area contributed by atoms with Crippen LogP contribution in [-0.2, 0) is 11.3 Å². The molecule has 5 heteroatoms. The van der Waals surface area contributed by atoms with E-state index >= 15 is 0 Å². The van der Waals surface area contributed by atoms with E-state index in [0.29, 0.717) is 23.9 Å². The van der Waals surface area contributed by atoms with Crippen molar-refractivity contribution < 1.29 is 4.74 Å². The number of hydrogen-bond donors (Lipinski definition) is 2. The average molecular weight is 278 g/mol. The summed E-state index contributed by atoms with van der Waals surface area (Å²) < 4.78 is 5.12. The van der Waals surface area contributed by atoms with Crippen LogP contribution >= 0.6 is 0 Å². The van der Waals surface area contributed by atoms with Gasteiger partial charge in [-0.25, -0.2) is 9.97 Å². The van der Waals surface area contributed by atoms with Crippen LogP contribution in [0.5, 0.6) is 0 Å². The maximum Gasteiger partial charge on any atom is 0.158 e. The van der Waals surface area contributed by atoms with Crippen molar-refractivity contribution in [2.24, 2.45) is 5.41 Å². The zero-order chi connectivity index (χ0) is 14.6. The molecule has 0 aromatic carbocycles. The normalized spacial score (nSPS) is 18.8. The lowest BCUT2D eigenvalue weighted by Crippen LogP contribution is -2.30. The highest BCUT2D eigenvalue weighted by Crippen LogP contribution is 2.36. The van der Waals surface area contributed by atoms with E-state index in [1.54, 1.807) is 7.11 Å². The zero-order valence-corrected chi connectivity index (χ0v) is 13.0. The summed E-state index contributed by atoms with van der Waals surface area (Å²) in [7, 11) is 3.53. The van der Waals surface area contributed by atoms with Gasteiger partial charge in [0.1, 0.15) is 18.2 Å². The number of nitrogens with zero attached hydrogens (tertiary/aromatic N) is 2. The van der Waals surface area contributed by atoms with Crippen molar-refractivity contribution >= 4 is 11.6 Å². The standard InChI is InChI=1S/C15H26N4O/c1-15(2)7-5-11(6-8-15)17-13-9-12(16-3)18-14(19-13)10-20-4/h9,11H,5-8,10H2,1-4H3,(H2,16,17,18,19). The summed E-state index contributed by atoms with van der Waals surface area (Å²) in [6.45, 7) is 5.13. The zero-order valence-electron chi connectivity index (χ0n) is 13.0. The summed E-state index contributed by atoms with van der Waals surface area (Å²) >= 11 is 0. The molecule has 0 unspecified atom stereocenters. The first-order chi connectivity index (χ1) is 9.52. The third-order valence-electron chi connectivity index (χ3n) is 3.99. The molecule has 0 bridgehead atoms. The summed E-state index contributed by atoms with van der Waals surface area (Å²) in [5.74, 6) is 2.42. The number of anilines is 2. The molecule has 2 rings (SSSR count). The highest BCUT2D eigenvalue weighted by atomic mass is 16.5. The maximum absolute atomic E-state index is 5.12. The van der Waals surface area contributed by atoms with E-state index in [0.717, 1.165) is 11.6 Å². The van der Waals surface area contributed by atoms with E-state index in [4.69, 9.17) is 4.74 Å². The fourth-order valence-corrected chi connectivity index (χ4v) is 2.65. The van der Waals surface area contributed by atoms with Gasteiger partial charge in [-0.3, -0.25) is 0 Å². The first-order valence-electron chi connectivity index (χ1n) is 7.33. The molecule has 112 valence electrons. The first-order valence-corrected chi connectivity index (χ1v) is 7.33. The SMILES string of the molecule is CNc1cc(NC2CCC(C)(C)CC2)nc(COC)n1. The quantitative estimate of drug-likeness (QED) is 0.867. The van der Waals surface area contributed by atoms with Crippen LogP contribution < -0.4 is 10.6 Å². The summed E-state index contributed by atoms with van der Waals surface area (Å²) in [4.78, 5) is 8.88. The van der Waals surface area contributed by atoms with Crippen molar-refractivity contribution in [1.29, 1.82) is 0 Å². The Morgan fingerprint density at radius 3 is 2.50 bits per heavy atom. The Morgan fingerprint density at radius 2 is 1.90 bits per heavy atom. The number of aromatic nitrogens is 2. The van der Waals surface area contributed by atoms with Crippen molar-refractivity contribution in [2.75, 3.05) is 24.8 Å². The van der Waals surface area contributed by atoms with Crippen LogP contribution in [0.3, 0.4) is 0 Å². The second kappa shape index (κ2) is 6.39.